The molecular weight excluding hydrogens is 264 g/mol. The van der Waals surface area contributed by atoms with Gasteiger partial charge in [0.2, 0.25) is 0 Å². The van der Waals surface area contributed by atoms with Crippen LogP contribution in [0.1, 0.15) is 5.56 Å². The summed E-state index contributed by atoms with van der Waals surface area (Å²) in [6.07, 6.45) is 1.58. The molecule has 1 aromatic carbocycles. The molecule has 0 fully saturated rings. The number of nitrogens with one attached hydrogen (secondary N) is 2. The summed E-state index contributed by atoms with van der Waals surface area (Å²) in [6, 6.07) is 4.73. The molecule has 9 heteroatoms. The number of nitrogen functional groups attached to an aromatic ring is 1. The second-order valence-electron chi connectivity index (χ2n) is 4.06. The predicted molar refractivity (Wildman–Crippen MR) is 71.0 cm³/mol. The van der Waals surface area contributed by atoms with Gasteiger partial charge >= 0.3 is 0 Å². The van der Waals surface area contributed by atoms with E-state index in [1.165, 1.54) is 6.07 Å². The molecule has 0 atom stereocenters. The maximum absolute atomic E-state index is 10.9. The van der Waals surface area contributed by atoms with Gasteiger partial charge in [0.1, 0.15) is 5.82 Å². The number of aromatic amines is 1. The van der Waals surface area contributed by atoms with Crippen molar-refractivity contribution in [3.05, 3.63) is 40.1 Å². The topological polar surface area (TPSA) is 136 Å². The SMILES string of the molecule is Nc1[nH]ncc1CNc1nc2c([N+](=O)[O-])cccc2o1. The van der Waals surface area contributed by atoms with E-state index in [0.29, 0.717) is 17.9 Å². The Balaban J connectivity index is 1.88. The van der Waals surface area contributed by atoms with E-state index in [0.717, 1.165) is 5.56 Å². The fraction of sp³-hybridized carbons (Fsp3) is 0.0909. The quantitative estimate of drug-likeness (QED) is 0.486. The van der Waals surface area contributed by atoms with Crippen molar-refractivity contribution in [3.63, 3.8) is 0 Å². The molecule has 3 aromatic rings. The number of para-hydroxylation sites is 1. The first-order valence-corrected chi connectivity index (χ1v) is 5.70. The number of hydrogen-bond acceptors (Lipinski definition) is 7. The maximum Gasteiger partial charge on any atom is 0.298 e. The highest BCUT2D eigenvalue weighted by molar-refractivity contribution is 5.84. The molecule has 0 unspecified atom stereocenters. The second kappa shape index (κ2) is 4.53. The lowest BCUT2D eigenvalue weighted by molar-refractivity contribution is -0.383. The highest BCUT2D eigenvalue weighted by Gasteiger charge is 2.17. The van der Waals surface area contributed by atoms with Gasteiger partial charge in [-0.3, -0.25) is 15.2 Å². The van der Waals surface area contributed by atoms with Crippen molar-refractivity contribution in [2.24, 2.45) is 0 Å². The number of nitrogens with zero attached hydrogens (tertiary/aromatic N) is 3. The summed E-state index contributed by atoms with van der Waals surface area (Å²) in [7, 11) is 0. The number of nitro benzene ring substituents is 1. The van der Waals surface area contributed by atoms with Gasteiger partial charge in [-0.05, 0) is 6.07 Å². The van der Waals surface area contributed by atoms with Crippen molar-refractivity contribution >= 4 is 28.6 Å². The molecule has 9 nitrogen and oxygen atoms in total. The van der Waals surface area contributed by atoms with E-state index >= 15 is 0 Å². The Labute approximate surface area is 111 Å². The smallest absolute Gasteiger partial charge is 0.298 e. The number of rotatable bonds is 4. The molecule has 0 aliphatic rings. The molecule has 0 spiro atoms. The van der Waals surface area contributed by atoms with E-state index in [2.05, 4.69) is 20.5 Å². The first-order valence-electron chi connectivity index (χ1n) is 5.70. The lowest BCUT2D eigenvalue weighted by Crippen LogP contribution is -2.01. The lowest BCUT2D eigenvalue weighted by atomic mass is 10.3. The second-order valence-corrected chi connectivity index (χ2v) is 4.06. The monoisotopic (exact) mass is 274 g/mol. The molecule has 20 heavy (non-hydrogen) atoms. The molecular formula is C11H10N6O3. The van der Waals surface area contributed by atoms with Crippen LogP contribution in [0.15, 0.2) is 28.8 Å². The van der Waals surface area contributed by atoms with Crippen molar-refractivity contribution in [1.82, 2.24) is 15.2 Å². The molecule has 0 amide bonds. The van der Waals surface area contributed by atoms with Crippen LogP contribution in [-0.4, -0.2) is 20.1 Å². The van der Waals surface area contributed by atoms with Gasteiger partial charge in [-0.1, -0.05) is 6.07 Å². The summed E-state index contributed by atoms with van der Waals surface area (Å²) in [6.45, 7) is 0.350. The van der Waals surface area contributed by atoms with Crippen LogP contribution in [0.3, 0.4) is 0 Å². The maximum atomic E-state index is 10.9. The van der Waals surface area contributed by atoms with Gasteiger partial charge in [-0.2, -0.15) is 10.1 Å². The van der Waals surface area contributed by atoms with Crippen LogP contribution in [0.25, 0.3) is 11.1 Å². The Morgan fingerprint density at radius 2 is 2.35 bits per heavy atom. The van der Waals surface area contributed by atoms with Crippen LogP contribution < -0.4 is 11.1 Å². The van der Waals surface area contributed by atoms with E-state index in [-0.39, 0.29) is 17.2 Å². The Morgan fingerprint density at radius 1 is 1.50 bits per heavy atom. The zero-order chi connectivity index (χ0) is 14.1. The van der Waals surface area contributed by atoms with Crippen molar-refractivity contribution < 1.29 is 9.34 Å². The fourth-order valence-electron chi connectivity index (χ4n) is 1.79. The molecule has 102 valence electrons. The molecule has 0 aliphatic carbocycles. The molecule has 2 aromatic heterocycles. The minimum Gasteiger partial charge on any atom is -0.423 e. The average Bonchev–Trinajstić information content (AvgIpc) is 3.01. The van der Waals surface area contributed by atoms with Crippen molar-refractivity contribution in [2.45, 2.75) is 6.54 Å². The number of benzene rings is 1. The lowest BCUT2D eigenvalue weighted by Gasteiger charge is -1.98. The molecule has 0 radical (unpaired) electrons. The third-order valence-corrected chi connectivity index (χ3v) is 2.78. The van der Waals surface area contributed by atoms with Gasteiger partial charge < -0.3 is 15.5 Å². The number of non-ortho nitro benzene ring substituents is 1. The van der Waals surface area contributed by atoms with Gasteiger partial charge in [0.25, 0.3) is 11.7 Å². The van der Waals surface area contributed by atoms with Gasteiger partial charge in [-0.25, -0.2) is 0 Å². The predicted octanol–water partition coefficient (Wildman–Crippen LogP) is 1.65. The first-order chi connectivity index (χ1) is 9.65. The number of nitro groups is 1. The van der Waals surface area contributed by atoms with Crippen LogP contribution in [0.5, 0.6) is 0 Å². The zero-order valence-electron chi connectivity index (χ0n) is 10.2. The number of oxazole rings is 1. The number of hydrogen-bond donors (Lipinski definition) is 3. The van der Waals surface area contributed by atoms with Gasteiger partial charge in [0, 0.05) is 18.2 Å². The Morgan fingerprint density at radius 3 is 3.05 bits per heavy atom. The minimum atomic E-state index is -0.497. The molecule has 4 N–H and O–H groups in total. The van der Waals surface area contributed by atoms with Gasteiger partial charge in [-0.15, -0.1) is 0 Å². The average molecular weight is 274 g/mol. The first kappa shape index (κ1) is 12.0. The Hall–Kier alpha value is -3.10. The van der Waals surface area contributed by atoms with Crippen LogP contribution >= 0.6 is 0 Å². The summed E-state index contributed by atoms with van der Waals surface area (Å²) >= 11 is 0. The standard InChI is InChI=1S/C11H10N6O3/c12-10-6(5-14-16-10)4-13-11-15-9-7(17(18)19)2-1-3-8(9)20-11/h1-3,5H,4H2,(H,13,15)(H3,12,14,16). The molecule has 0 aliphatic heterocycles. The molecule has 0 bridgehead atoms. The molecule has 3 rings (SSSR count). The Bertz CT molecular complexity index is 777. The largest absolute Gasteiger partial charge is 0.423 e. The number of H-pyrrole nitrogens is 1. The minimum absolute atomic E-state index is 0.0953. The Kier molecular flexibility index (Phi) is 2.71. The van der Waals surface area contributed by atoms with E-state index < -0.39 is 4.92 Å². The summed E-state index contributed by atoms with van der Waals surface area (Å²) in [5, 5.41) is 20.2. The summed E-state index contributed by atoms with van der Waals surface area (Å²) in [5.74, 6) is 0.444. The van der Waals surface area contributed by atoms with E-state index in [1.54, 1.807) is 18.3 Å². The third kappa shape index (κ3) is 2.00. The van der Waals surface area contributed by atoms with Crippen molar-refractivity contribution in [1.29, 1.82) is 0 Å². The summed E-state index contributed by atoms with van der Waals surface area (Å²) in [4.78, 5) is 14.5. The molecule has 2 heterocycles. The van der Waals surface area contributed by atoms with Crippen LogP contribution in [0.2, 0.25) is 0 Å². The molecule has 0 saturated heterocycles. The highest BCUT2D eigenvalue weighted by Crippen LogP contribution is 2.27. The highest BCUT2D eigenvalue weighted by atomic mass is 16.6. The number of anilines is 2. The zero-order valence-corrected chi connectivity index (χ0v) is 10.2. The summed E-state index contributed by atoms with van der Waals surface area (Å²) in [5.41, 5.74) is 6.86. The van der Waals surface area contributed by atoms with Gasteiger partial charge in [0.15, 0.2) is 11.1 Å². The van der Waals surface area contributed by atoms with E-state index in [1.807, 2.05) is 0 Å². The fourth-order valence-corrected chi connectivity index (χ4v) is 1.79. The van der Waals surface area contributed by atoms with Crippen molar-refractivity contribution in [3.8, 4) is 0 Å². The van der Waals surface area contributed by atoms with E-state index in [4.69, 9.17) is 10.2 Å². The third-order valence-electron chi connectivity index (χ3n) is 2.78. The van der Waals surface area contributed by atoms with Gasteiger partial charge in [0.05, 0.1) is 11.1 Å². The van der Waals surface area contributed by atoms with Crippen LogP contribution in [-0.2, 0) is 6.54 Å². The van der Waals surface area contributed by atoms with Crippen LogP contribution in [0.4, 0.5) is 17.5 Å². The number of fused-ring (bicyclic) bond motifs is 1. The normalized spacial score (nSPS) is 10.8. The molecule has 0 saturated carbocycles. The van der Waals surface area contributed by atoms with Crippen LogP contribution in [0, 0.1) is 10.1 Å². The van der Waals surface area contributed by atoms with E-state index in [9.17, 15) is 10.1 Å². The van der Waals surface area contributed by atoms with Crippen molar-refractivity contribution in [2.75, 3.05) is 11.1 Å². The summed E-state index contributed by atoms with van der Waals surface area (Å²) < 4.78 is 5.40. The number of nitrogens with two attached hydrogens (primary N) is 1. The number of aromatic nitrogens is 3.